The van der Waals surface area contributed by atoms with E-state index in [1.165, 1.54) is 11.2 Å². The fourth-order valence-electron chi connectivity index (χ4n) is 2.43. The average Bonchev–Trinajstić information content (AvgIpc) is 3.15. The molecule has 3 rings (SSSR count). The number of rotatable bonds is 4. The summed E-state index contributed by atoms with van der Waals surface area (Å²) >= 11 is 0. The summed E-state index contributed by atoms with van der Waals surface area (Å²) in [5, 5.41) is 6.27. The van der Waals surface area contributed by atoms with E-state index in [2.05, 4.69) is 15.0 Å². The highest BCUT2D eigenvalue weighted by molar-refractivity contribution is 5.98. The standard InChI is InChI=1S/C14H15N3O4/c1-9-2-3-10(21-9)8-17-11(4-5-13(17)18)14(19)15-12-6-7-20-16-12/h2-3,6-7,11H,4-5,8H2,1H3,(H,15,16,19). The number of furan rings is 1. The lowest BCUT2D eigenvalue weighted by atomic mass is 10.2. The number of nitrogens with zero attached hydrogens (tertiary/aromatic N) is 2. The molecule has 0 radical (unpaired) electrons. The maximum Gasteiger partial charge on any atom is 0.248 e. The van der Waals surface area contributed by atoms with E-state index in [0.29, 0.717) is 31.0 Å². The number of amides is 2. The first-order chi connectivity index (χ1) is 10.1. The Hall–Kier alpha value is -2.57. The van der Waals surface area contributed by atoms with Crippen molar-refractivity contribution >= 4 is 17.6 Å². The average molecular weight is 289 g/mol. The molecule has 2 aromatic heterocycles. The predicted octanol–water partition coefficient (Wildman–Crippen LogP) is 1.71. The van der Waals surface area contributed by atoms with Crippen molar-refractivity contribution in [2.75, 3.05) is 5.32 Å². The highest BCUT2D eigenvalue weighted by Crippen LogP contribution is 2.23. The molecule has 7 nitrogen and oxygen atoms in total. The van der Waals surface area contributed by atoms with E-state index in [1.54, 1.807) is 6.07 Å². The highest BCUT2D eigenvalue weighted by atomic mass is 16.5. The smallest absolute Gasteiger partial charge is 0.248 e. The van der Waals surface area contributed by atoms with E-state index in [0.717, 1.165) is 5.76 Å². The van der Waals surface area contributed by atoms with Gasteiger partial charge in [-0.05, 0) is 25.5 Å². The number of carbonyl (C=O) groups is 2. The van der Waals surface area contributed by atoms with Gasteiger partial charge < -0.3 is 19.2 Å². The summed E-state index contributed by atoms with van der Waals surface area (Å²) < 4.78 is 10.1. The minimum Gasteiger partial charge on any atom is -0.464 e. The number of hydrogen-bond donors (Lipinski definition) is 1. The van der Waals surface area contributed by atoms with Crippen molar-refractivity contribution < 1.29 is 18.5 Å². The molecule has 1 N–H and O–H groups in total. The van der Waals surface area contributed by atoms with Crippen LogP contribution < -0.4 is 5.32 Å². The molecular formula is C14H15N3O4. The number of carbonyl (C=O) groups excluding carboxylic acids is 2. The van der Waals surface area contributed by atoms with E-state index < -0.39 is 6.04 Å². The molecule has 7 heteroatoms. The van der Waals surface area contributed by atoms with Gasteiger partial charge in [0.1, 0.15) is 23.8 Å². The van der Waals surface area contributed by atoms with E-state index in [9.17, 15) is 9.59 Å². The van der Waals surface area contributed by atoms with Gasteiger partial charge in [0.25, 0.3) is 0 Å². The molecule has 0 saturated carbocycles. The molecular weight excluding hydrogens is 274 g/mol. The zero-order valence-corrected chi connectivity index (χ0v) is 11.5. The monoisotopic (exact) mass is 289 g/mol. The molecule has 2 aromatic rings. The molecule has 21 heavy (non-hydrogen) atoms. The summed E-state index contributed by atoms with van der Waals surface area (Å²) in [4.78, 5) is 25.8. The molecule has 0 aromatic carbocycles. The summed E-state index contributed by atoms with van der Waals surface area (Å²) in [7, 11) is 0. The van der Waals surface area contributed by atoms with Crippen molar-refractivity contribution in [3.8, 4) is 0 Å². The van der Waals surface area contributed by atoms with Crippen molar-refractivity contribution in [3.63, 3.8) is 0 Å². The first-order valence-electron chi connectivity index (χ1n) is 6.69. The van der Waals surface area contributed by atoms with Crippen LogP contribution in [-0.2, 0) is 16.1 Å². The quantitative estimate of drug-likeness (QED) is 0.925. The summed E-state index contributed by atoms with van der Waals surface area (Å²) in [6, 6.07) is 4.68. The van der Waals surface area contributed by atoms with Crippen LogP contribution in [0.1, 0.15) is 24.4 Å². The van der Waals surface area contributed by atoms with Crippen molar-refractivity contribution in [1.29, 1.82) is 0 Å². The lowest BCUT2D eigenvalue weighted by Gasteiger charge is -2.22. The Morgan fingerprint density at radius 1 is 1.48 bits per heavy atom. The van der Waals surface area contributed by atoms with Crippen LogP contribution in [0.25, 0.3) is 0 Å². The molecule has 1 atom stereocenters. The molecule has 2 amide bonds. The Bertz CT molecular complexity index is 647. The topological polar surface area (TPSA) is 88.6 Å². The second kappa shape index (κ2) is 5.43. The summed E-state index contributed by atoms with van der Waals surface area (Å²) in [6.07, 6.45) is 2.22. The van der Waals surface area contributed by atoms with Gasteiger partial charge in [0.2, 0.25) is 11.8 Å². The fourth-order valence-corrected chi connectivity index (χ4v) is 2.43. The van der Waals surface area contributed by atoms with Gasteiger partial charge in [-0.1, -0.05) is 5.16 Å². The third-order valence-electron chi connectivity index (χ3n) is 3.44. The molecule has 1 aliphatic rings. The first kappa shape index (κ1) is 13.4. The van der Waals surface area contributed by atoms with Gasteiger partial charge in [0.05, 0.1) is 6.54 Å². The largest absolute Gasteiger partial charge is 0.464 e. The van der Waals surface area contributed by atoms with Crippen molar-refractivity contribution in [1.82, 2.24) is 10.1 Å². The Kier molecular flexibility index (Phi) is 3.47. The van der Waals surface area contributed by atoms with Gasteiger partial charge >= 0.3 is 0 Å². The van der Waals surface area contributed by atoms with Gasteiger partial charge in [0.15, 0.2) is 5.82 Å². The SMILES string of the molecule is Cc1ccc(CN2C(=O)CCC2C(=O)Nc2ccon2)o1. The first-order valence-corrected chi connectivity index (χ1v) is 6.69. The van der Waals surface area contributed by atoms with Crippen LogP contribution in [0.15, 0.2) is 33.4 Å². The number of anilines is 1. The van der Waals surface area contributed by atoms with Crippen LogP contribution >= 0.6 is 0 Å². The fraction of sp³-hybridized carbons (Fsp3) is 0.357. The van der Waals surface area contributed by atoms with Crippen molar-refractivity contribution in [3.05, 3.63) is 36.0 Å². The van der Waals surface area contributed by atoms with Crippen molar-refractivity contribution in [2.45, 2.75) is 32.4 Å². The van der Waals surface area contributed by atoms with Crippen LogP contribution in [-0.4, -0.2) is 27.9 Å². The van der Waals surface area contributed by atoms with E-state index in [1.807, 2.05) is 19.1 Å². The second-order valence-corrected chi connectivity index (χ2v) is 4.96. The minimum atomic E-state index is -0.514. The number of hydrogen-bond acceptors (Lipinski definition) is 5. The number of nitrogens with one attached hydrogen (secondary N) is 1. The summed E-state index contributed by atoms with van der Waals surface area (Å²) in [6.45, 7) is 2.13. The van der Waals surface area contributed by atoms with Gasteiger partial charge in [-0.15, -0.1) is 0 Å². The Balaban J connectivity index is 1.71. The van der Waals surface area contributed by atoms with Crippen LogP contribution in [0.3, 0.4) is 0 Å². The van der Waals surface area contributed by atoms with Gasteiger partial charge in [-0.2, -0.15) is 0 Å². The molecule has 1 unspecified atom stereocenters. The van der Waals surface area contributed by atoms with Crippen LogP contribution in [0.2, 0.25) is 0 Å². The van der Waals surface area contributed by atoms with Crippen LogP contribution in [0.5, 0.6) is 0 Å². The molecule has 1 fully saturated rings. The minimum absolute atomic E-state index is 0.0515. The molecule has 0 spiro atoms. The Morgan fingerprint density at radius 3 is 3.00 bits per heavy atom. The molecule has 1 saturated heterocycles. The molecule has 3 heterocycles. The van der Waals surface area contributed by atoms with E-state index in [-0.39, 0.29) is 11.8 Å². The van der Waals surface area contributed by atoms with Crippen LogP contribution in [0.4, 0.5) is 5.82 Å². The molecule has 0 bridgehead atoms. The second-order valence-electron chi connectivity index (χ2n) is 4.96. The Labute approximate surface area is 120 Å². The molecule has 0 aliphatic carbocycles. The highest BCUT2D eigenvalue weighted by Gasteiger charge is 2.36. The van der Waals surface area contributed by atoms with E-state index in [4.69, 9.17) is 4.42 Å². The number of aromatic nitrogens is 1. The maximum absolute atomic E-state index is 12.2. The van der Waals surface area contributed by atoms with E-state index >= 15 is 0 Å². The Morgan fingerprint density at radius 2 is 2.33 bits per heavy atom. The van der Waals surface area contributed by atoms with Crippen molar-refractivity contribution in [2.24, 2.45) is 0 Å². The van der Waals surface area contributed by atoms with Crippen LogP contribution in [0, 0.1) is 6.92 Å². The predicted molar refractivity (Wildman–Crippen MR) is 72.1 cm³/mol. The molecule has 1 aliphatic heterocycles. The van der Waals surface area contributed by atoms with Gasteiger partial charge in [0, 0.05) is 12.5 Å². The zero-order valence-electron chi connectivity index (χ0n) is 11.5. The van der Waals surface area contributed by atoms with Gasteiger partial charge in [-0.25, -0.2) is 0 Å². The number of likely N-dealkylation sites (tertiary alicyclic amines) is 1. The normalized spacial score (nSPS) is 18.2. The van der Waals surface area contributed by atoms with Gasteiger partial charge in [-0.3, -0.25) is 9.59 Å². The maximum atomic E-state index is 12.2. The summed E-state index contributed by atoms with van der Waals surface area (Å²) in [5.74, 6) is 1.47. The lowest BCUT2D eigenvalue weighted by Crippen LogP contribution is -2.41. The summed E-state index contributed by atoms with van der Waals surface area (Å²) in [5.41, 5.74) is 0. The molecule has 110 valence electrons. The third kappa shape index (κ3) is 2.81. The number of aryl methyl sites for hydroxylation is 1. The lowest BCUT2D eigenvalue weighted by molar-refractivity contribution is -0.134. The zero-order chi connectivity index (χ0) is 14.8. The third-order valence-corrected chi connectivity index (χ3v) is 3.44.